The summed E-state index contributed by atoms with van der Waals surface area (Å²) in [6, 6.07) is 12.9. The van der Waals surface area contributed by atoms with E-state index in [0.717, 1.165) is 24.7 Å². The highest BCUT2D eigenvalue weighted by Crippen LogP contribution is 2.29. The molecule has 1 N–H and O–H groups in total. The van der Waals surface area contributed by atoms with Crippen LogP contribution in [0.5, 0.6) is 0 Å². The summed E-state index contributed by atoms with van der Waals surface area (Å²) in [4.78, 5) is 2.52. The first kappa shape index (κ1) is 12.9. The molecule has 2 aliphatic heterocycles. The summed E-state index contributed by atoms with van der Waals surface area (Å²) in [6.07, 6.45) is 9.94. The summed E-state index contributed by atoms with van der Waals surface area (Å²) < 4.78 is 0. The number of likely N-dealkylation sites (N-methyl/N-ethyl adjacent to an activating group) is 1. The monoisotopic (exact) mass is 256 g/mol. The van der Waals surface area contributed by atoms with E-state index in [1.807, 2.05) is 0 Å². The van der Waals surface area contributed by atoms with Gasteiger partial charge in [0.1, 0.15) is 0 Å². The smallest absolute Gasteiger partial charge is 0.0166 e. The van der Waals surface area contributed by atoms with E-state index in [-0.39, 0.29) is 0 Å². The van der Waals surface area contributed by atoms with Crippen LogP contribution in [0.25, 0.3) is 6.08 Å². The maximum atomic E-state index is 3.71. The second kappa shape index (κ2) is 5.89. The summed E-state index contributed by atoms with van der Waals surface area (Å²) in [5.41, 5.74) is 1.29. The zero-order chi connectivity index (χ0) is 13.1. The molecule has 2 saturated heterocycles. The van der Waals surface area contributed by atoms with E-state index in [1.54, 1.807) is 0 Å². The van der Waals surface area contributed by atoms with Crippen LogP contribution in [0.15, 0.2) is 36.4 Å². The summed E-state index contributed by atoms with van der Waals surface area (Å²) >= 11 is 0. The number of nitrogens with zero attached hydrogens (tertiary/aromatic N) is 1. The molecule has 2 heteroatoms. The SMILES string of the molecule is CN(C/C=C/c1ccccc1)C1CC2CCC(C1)N2. The van der Waals surface area contributed by atoms with Gasteiger partial charge in [0.15, 0.2) is 0 Å². The van der Waals surface area contributed by atoms with Gasteiger partial charge in [0.25, 0.3) is 0 Å². The molecule has 2 aliphatic rings. The number of rotatable bonds is 4. The second-order valence-corrected chi connectivity index (χ2v) is 6.02. The Kier molecular flexibility index (Phi) is 4.00. The van der Waals surface area contributed by atoms with Crippen LogP contribution in [-0.2, 0) is 0 Å². The highest BCUT2D eigenvalue weighted by molar-refractivity contribution is 5.48. The number of hydrogen-bond acceptors (Lipinski definition) is 2. The maximum absolute atomic E-state index is 3.71. The molecule has 0 radical (unpaired) electrons. The van der Waals surface area contributed by atoms with Crippen LogP contribution in [-0.4, -0.2) is 36.6 Å². The number of benzene rings is 1. The first-order valence-electron chi connectivity index (χ1n) is 7.49. The fourth-order valence-electron chi connectivity index (χ4n) is 3.46. The molecule has 2 fully saturated rings. The lowest BCUT2D eigenvalue weighted by Crippen LogP contribution is -2.46. The lowest BCUT2D eigenvalue weighted by molar-refractivity contribution is 0.187. The van der Waals surface area contributed by atoms with Gasteiger partial charge in [-0.2, -0.15) is 0 Å². The predicted molar refractivity (Wildman–Crippen MR) is 81.1 cm³/mol. The van der Waals surface area contributed by atoms with Gasteiger partial charge in [0, 0.05) is 24.7 Å². The zero-order valence-electron chi connectivity index (χ0n) is 11.8. The quantitative estimate of drug-likeness (QED) is 0.891. The molecule has 1 aromatic carbocycles. The minimum atomic E-state index is 0.763. The Bertz CT molecular complexity index is 414. The van der Waals surface area contributed by atoms with E-state index in [2.05, 4.69) is 59.7 Å². The number of piperidine rings is 1. The highest BCUT2D eigenvalue weighted by atomic mass is 15.2. The molecule has 0 saturated carbocycles. The summed E-state index contributed by atoms with van der Waals surface area (Å²) in [5.74, 6) is 0. The van der Waals surface area contributed by atoms with E-state index in [1.165, 1.54) is 31.2 Å². The van der Waals surface area contributed by atoms with Gasteiger partial charge in [-0.15, -0.1) is 0 Å². The van der Waals surface area contributed by atoms with E-state index in [9.17, 15) is 0 Å². The molecule has 0 aromatic heterocycles. The first-order valence-corrected chi connectivity index (χ1v) is 7.49. The van der Waals surface area contributed by atoms with Gasteiger partial charge in [-0.1, -0.05) is 42.5 Å². The Balaban J connectivity index is 1.51. The van der Waals surface area contributed by atoms with Crippen LogP contribution >= 0.6 is 0 Å². The number of nitrogens with one attached hydrogen (secondary N) is 1. The minimum absolute atomic E-state index is 0.763. The third kappa shape index (κ3) is 3.26. The Labute approximate surface area is 116 Å². The van der Waals surface area contributed by atoms with Gasteiger partial charge >= 0.3 is 0 Å². The average Bonchev–Trinajstić information content (AvgIpc) is 2.78. The third-order valence-electron chi connectivity index (χ3n) is 4.57. The topological polar surface area (TPSA) is 15.3 Å². The zero-order valence-corrected chi connectivity index (χ0v) is 11.8. The molecule has 2 unspecified atom stereocenters. The molecule has 2 bridgehead atoms. The predicted octanol–water partition coefficient (Wildman–Crippen LogP) is 2.91. The standard InChI is InChI=1S/C17H24N2/c1-19(11-5-8-14-6-3-2-4-7-14)17-12-15-9-10-16(13-17)18-15/h2-8,15-18H,9-13H2,1H3/b8-5+. The third-order valence-corrected chi connectivity index (χ3v) is 4.57. The van der Waals surface area contributed by atoms with Crippen molar-refractivity contribution in [2.24, 2.45) is 0 Å². The molecule has 2 heterocycles. The van der Waals surface area contributed by atoms with E-state index >= 15 is 0 Å². The average molecular weight is 256 g/mol. The van der Waals surface area contributed by atoms with Gasteiger partial charge < -0.3 is 5.32 Å². The van der Waals surface area contributed by atoms with Crippen molar-refractivity contribution in [2.45, 2.75) is 43.8 Å². The highest BCUT2D eigenvalue weighted by Gasteiger charge is 2.34. The van der Waals surface area contributed by atoms with Crippen LogP contribution in [0.4, 0.5) is 0 Å². The van der Waals surface area contributed by atoms with Crippen molar-refractivity contribution in [2.75, 3.05) is 13.6 Å². The Morgan fingerprint density at radius 3 is 2.53 bits per heavy atom. The van der Waals surface area contributed by atoms with Crippen molar-refractivity contribution >= 4 is 6.08 Å². The van der Waals surface area contributed by atoms with Gasteiger partial charge in [0.2, 0.25) is 0 Å². The normalized spacial score (nSPS) is 30.3. The van der Waals surface area contributed by atoms with Crippen LogP contribution in [0, 0.1) is 0 Å². The van der Waals surface area contributed by atoms with E-state index < -0.39 is 0 Å². The lowest BCUT2D eigenvalue weighted by Gasteiger charge is -2.35. The van der Waals surface area contributed by atoms with E-state index in [0.29, 0.717) is 0 Å². The van der Waals surface area contributed by atoms with E-state index in [4.69, 9.17) is 0 Å². The molecule has 19 heavy (non-hydrogen) atoms. The Morgan fingerprint density at radius 2 is 1.84 bits per heavy atom. The number of hydrogen-bond donors (Lipinski definition) is 1. The van der Waals surface area contributed by atoms with Gasteiger partial charge in [-0.25, -0.2) is 0 Å². The van der Waals surface area contributed by atoms with Crippen molar-refractivity contribution in [3.05, 3.63) is 42.0 Å². The molecule has 0 spiro atoms. The molecule has 2 nitrogen and oxygen atoms in total. The fraction of sp³-hybridized carbons (Fsp3) is 0.529. The van der Waals surface area contributed by atoms with Crippen molar-refractivity contribution in [1.29, 1.82) is 0 Å². The minimum Gasteiger partial charge on any atom is -0.311 e. The molecule has 2 atom stereocenters. The Hall–Kier alpha value is -1.12. The van der Waals surface area contributed by atoms with Gasteiger partial charge in [-0.3, -0.25) is 4.90 Å². The van der Waals surface area contributed by atoms with Crippen LogP contribution in [0.1, 0.15) is 31.2 Å². The molecular weight excluding hydrogens is 232 g/mol. The summed E-state index contributed by atoms with van der Waals surface area (Å²) in [7, 11) is 2.27. The molecular formula is C17H24N2. The van der Waals surface area contributed by atoms with Crippen molar-refractivity contribution in [1.82, 2.24) is 10.2 Å². The molecule has 1 aromatic rings. The van der Waals surface area contributed by atoms with Gasteiger partial charge in [0.05, 0.1) is 0 Å². The molecule has 0 amide bonds. The van der Waals surface area contributed by atoms with Crippen LogP contribution in [0.2, 0.25) is 0 Å². The second-order valence-electron chi connectivity index (χ2n) is 6.02. The first-order chi connectivity index (χ1) is 9.31. The van der Waals surface area contributed by atoms with Crippen molar-refractivity contribution in [3.8, 4) is 0 Å². The fourth-order valence-corrected chi connectivity index (χ4v) is 3.46. The molecule has 0 aliphatic carbocycles. The van der Waals surface area contributed by atoms with Gasteiger partial charge in [-0.05, 0) is 38.3 Å². The maximum Gasteiger partial charge on any atom is 0.0166 e. The van der Waals surface area contributed by atoms with Crippen molar-refractivity contribution in [3.63, 3.8) is 0 Å². The molecule has 3 rings (SSSR count). The largest absolute Gasteiger partial charge is 0.311 e. The van der Waals surface area contributed by atoms with Crippen LogP contribution in [0.3, 0.4) is 0 Å². The van der Waals surface area contributed by atoms with Crippen LogP contribution < -0.4 is 5.32 Å². The number of fused-ring (bicyclic) bond motifs is 2. The molecule has 102 valence electrons. The summed E-state index contributed by atoms with van der Waals surface area (Å²) in [5, 5.41) is 3.71. The lowest BCUT2D eigenvalue weighted by atomic mass is 9.98. The Morgan fingerprint density at radius 1 is 1.16 bits per heavy atom. The van der Waals surface area contributed by atoms with Crippen molar-refractivity contribution < 1.29 is 0 Å². The summed E-state index contributed by atoms with van der Waals surface area (Å²) in [6.45, 7) is 1.05.